The van der Waals surface area contributed by atoms with Crippen molar-refractivity contribution < 1.29 is 14.4 Å². The van der Waals surface area contributed by atoms with Crippen LogP contribution in [0.5, 0.6) is 0 Å². The van der Waals surface area contributed by atoms with Crippen LogP contribution in [0.2, 0.25) is 0 Å². The van der Waals surface area contributed by atoms with Crippen LogP contribution in [-0.4, -0.2) is 57.0 Å². The summed E-state index contributed by atoms with van der Waals surface area (Å²) < 4.78 is 0. The Morgan fingerprint density at radius 2 is 1.11 bits per heavy atom. The summed E-state index contributed by atoms with van der Waals surface area (Å²) in [7, 11) is 0. The van der Waals surface area contributed by atoms with Gasteiger partial charge in [-0.3, -0.25) is 14.4 Å². The van der Waals surface area contributed by atoms with Crippen molar-refractivity contribution in [3.8, 4) is 0 Å². The molecule has 1 rings (SSSR count). The van der Waals surface area contributed by atoms with Gasteiger partial charge in [0.1, 0.15) is 0 Å². The van der Waals surface area contributed by atoms with E-state index in [2.05, 4.69) is 16.0 Å². The normalized spacial score (nSPS) is 10.4. The van der Waals surface area contributed by atoms with Crippen molar-refractivity contribution >= 4 is 17.7 Å². The highest BCUT2D eigenvalue weighted by molar-refractivity contribution is 6.00. The van der Waals surface area contributed by atoms with Gasteiger partial charge >= 0.3 is 0 Å². The van der Waals surface area contributed by atoms with Crippen molar-refractivity contribution in [2.45, 2.75) is 25.7 Å². The summed E-state index contributed by atoms with van der Waals surface area (Å²) in [5.74, 6) is -0.812. The minimum absolute atomic E-state index is 0.0670. The lowest BCUT2D eigenvalue weighted by atomic mass is 10.0. The number of nitrogens with two attached hydrogens (primary N) is 3. The molecule has 28 heavy (non-hydrogen) atoms. The van der Waals surface area contributed by atoms with E-state index in [9.17, 15) is 14.4 Å². The van der Waals surface area contributed by atoms with E-state index in [0.717, 1.165) is 0 Å². The van der Waals surface area contributed by atoms with Crippen LogP contribution < -0.4 is 33.2 Å². The second-order valence-corrected chi connectivity index (χ2v) is 6.38. The molecule has 0 saturated heterocycles. The average Bonchev–Trinajstić information content (AvgIpc) is 2.68. The first-order valence-electron chi connectivity index (χ1n) is 9.59. The molecule has 1 aromatic rings. The average molecular weight is 393 g/mol. The molecule has 0 aliphatic carbocycles. The number of hydrogen-bond acceptors (Lipinski definition) is 6. The first kappa shape index (κ1) is 23.5. The number of benzene rings is 1. The predicted molar refractivity (Wildman–Crippen MR) is 109 cm³/mol. The van der Waals surface area contributed by atoms with E-state index in [1.165, 1.54) is 6.07 Å². The van der Waals surface area contributed by atoms with Crippen LogP contribution in [0.4, 0.5) is 0 Å². The molecule has 0 aliphatic heterocycles. The number of nitrogens with one attached hydrogen (secondary N) is 3. The third kappa shape index (κ3) is 8.94. The molecule has 0 heterocycles. The van der Waals surface area contributed by atoms with Gasteiger partial charge in [0.25, 0.3) is 11.8 Å². The Bertz CT molecular complexity index is 610. The first-order valence-corrected chi connectivity index (χ1v) is 9.59. The van der Waals surface area contributed by atoms with Gasteiger partial charge in [0.15, 0.2) is 0 Å². The van der Waals surface area contributed by atoms with E-state index in [1.54, 1.807) is 12.1 Å². The van der Waals surface area contributed by atoms with Crippen LogP contribution in [0.25, 0.3) is 0 Å². The molecule has 1 aromatic carbocycles. The van der Waals surface area contributed by atoms with Crippen LogP contribution in [-0.2, 0) is 11.2 Å². The minimum Gasteiger partial charge on any atom is -0.356 e. The SMILES string of the molecule is NCCCNC(=O)Cc1cc(C(=O)NCCCN)cc(C(=O)NCCCN)c1. The van der Waals surface area contributed by atoms with Crippen molar-refractivity contribution in [1.82, 2.24) is 16.0 Å². The molecule has 0 atom stereocenters. The summed E-state index contributed by atoms with van der Waals surface area (Å²) in [5.41, 5.74) is 17.5. The van der Waals surface area contributed by atoms with Crippen LogP contribution in [0.3, 0.4) is 0 Å². The number of carbonyl (C=O) groups excluding carboxylic acids is 3. The van der Waals surface area contributed by atoms with Gasteiger partial charge in [-0.2, -0.15) is 0 Å². The Morgan fingerprint density at radius 3 is 1.54 bits per heavy atom. The summed E-state index contributed by atoms with van der Waals surface area (Å²) in [5, 5.41) is 8.28. The molecular weight excluding hydrogens is 360 g/mol. The van der Waals surface area contributed by atoms with E-state index in [-0.39, 0.29) is 24.1 Å². The lowest BCUT2D eigenvalue weighted by molar-refractivity contribution is -0.120. The van der Waals surface area contributed by atoms with E-state index < -0.39 is 0 Å². The van der Waals surface area contributed by atoms with E-state index in [1.807, 2.05) is 0 Å². The van der Waals surface area contributed by atoms with E-state index in [4.69, 9.17) is 17.2 Å². The molecule has 3 amide bonds. The first-order chi connectivity index (χ1) is 13.5. The van der Waals surface area contributed by atoms with Crippen molar-refractivity contribution in [3.05, 3.63) is 34.9 Å². The van der Waals surface area contributed by atoms with Gasteiger partial charge < -0.3 is 33.2 Å². The van der Waals surface area contributed by atoms with Crippen molar-refractivity contribution in [2.75, 3.05) is 39.3 Å². The lowest BCUT2D eigenvalue weighted by Crippen LogP contribution is -2.29. The third-order valence-corrected chi connectivity index (χ3v) is 3.92. The molecule has 0 spiro atoms. The lowest BCUT2D eigenvalue weighted by Gasteiger charge is -2.11. The molecular formula is C19H32N6O3. The summed E-state index contributed by atoms with van der Waals surface area (Å²) >= 11 is 0. The number of rotatable bonds is 13. The molecule has 0 radical (unpaired) electrons. The van der Waals surface area contributed by atoms with Crippen LogP contribution in [0, 0.1) is 0 Å². The largest absolute Gasteiger partial charge is 0.356 e. The number of carbonyl (C=O) groups is 3. The molecule has 9 N–H and O–H groups in total. The van der Waals surface area contributed by atoms with E-state index >= 15 is 0 Å². The van der Waals surface area contributed by atoms with Gasteiger partial charge in [0, 0.05) is 30.8 Å². The van der Waals surface area contributed by atoms with Crippen molar-refractivity contribution in [3.63, 3.8) is 0 Å². The fraction of sp³-hybridized carbons (Fsp3) is 0.526. The highest BCUT2D eigenvalue weighted by atomic mass is 16.2. The fourth-order valence-corrected chi connectivity index (χ4v) is 2.45. The predicted octanol–water partition coefficient (Wildman–Crippen LogP) is -1.15. The van der Waals surface area contributed by atoms with Crippen molar-refractivity contribution in [1.29, 1.82) is 0 Å². The molecule has 0 aliphatic rings. The zero-order chi connectivity index (χ0) is 20.8. The van der Waals surface area contributed by atoms with E-state index in [0.29, 0.717) is 75.2 Å². The Hall–Kier alpha value is -2.49. The molecule has 9 heteroatoms. The molecule has 0 unspecified atom stereocenters. The molecule has 0 aromatic heterocycles. The van der Waals surface area contributed by atoms with Gasteiger partial charge in [-0.1, -0.05) is 0 Å². The number of amides is 3. The fourth-order valence-electron chi connectivity index (χ4n) is 2.45. The van der Waals surface area contributed by atoms with Gasteiger partial charge in [0.2, 0.25) is 5.91 Å². The Labute approximate surface area is 165 Å². The van der Waals surface area contributed by atoms with Crippen LogP contribution in [0.1, 0.15) is 45.5 Å². The maximum Gasteiger partial charge on any atom is 0.251 e. The van der Waals surface area contributed by atoms with Crippen LogP contribution in [0.15, 0.2) is 18.2 Å². The minimum atomic E-state index is -0.310. The highest BCUT2D eigenvalue weighted by Crippen LogP contribution is 2.12. The highest BCUT2D eigenvalue weighted by Gasteiger charge is 2.14. The maximum atomic E-state index is 12.4. The summed E-state index contributed by atoms with van der Waals surface area (Å²) in [6, 6.07) is 4.76. The summed E-state index contributed by atoms with van der Waals surface area (Å²) in [6.07, 6.45) is 2.06. The monoisotopic (exact) mass is 392 g/mol. The van der Waals surface area contributed by atoms with Gasteiger partial charge in [-0.25, -0.2) is 0 Å². The molecule has 0 saturated carbocycles. The molecule has 156 valence electrons. The third-order valence-electron chi connectivity index (χ3n) is 3.92. The summed E-state index contributed by atoms with van der Waals surface area (Å²) in [6.45, 7) is 2.80. The standard InChI is InChI=1S/C19H32N6O3/c20-4-1-7-23-17(26)12-14-10-15(18(27)24-8-2-5-21)13-16(11-14)19(28)25-9-3-6-22/h10-11,13H,1-9,12,20-22H2,(H,23,26)(H,24,27)(H,25,28). The second-order valence-electron chi connectivity index (χ2n) is 6.38. The Kier molecular flexibility index (Phi) is 11.5. The van der Waals surface area contributed by atoms with Crippen LogP contribution >= 0.6 is 0 Å². The van der Waals surface area contributed by atoms with Gasteiger partial charge in [-0.05, 0) is 62.7 Å². The Morgan fingerprint density at radius 1 is 0.679 bits per heavy atom. The zero-order valence-corrected chi connectivity index (χ0v) is 16.3. The molecule has 9 nitrogen and oxygen atoms in total. The number of hydrogen-bond donors (Lipinski definition) is 6. The van der Waals surface area contributed by atoms with Gasteiger partial charge in [-0.15, -0.1) is 0 Å². The molecule has 0 bridgehead atoms. The smallest absolute Gasteiger partial charge is 0.251 e. The Balaban J connectivity index is 2.94. The maximum absolute atomic E-state index is 12.4. The summed E-state index contributed by atoms with van der Waals surface area (Å²) in [4.78, 5) is 36.9. The quantitative estimate of drug-likeness (QED) is 0.232. The van der Waals surface area contributed by atoms with Gasteiger partial charge in [0.05, 0.1) is 6.42 Å². The zero-order valence-electron chi connectivity index (χ0n) is 16.3. The second kappa shape index (κ2) is 13.6. The van der Waals surface area contributed by atoms with Crippen molar-refractivity contribution in [2.24, 2.45) is 17.2 Å². The topological polar surface area (TPSA) is 165 Å². The molecule has 0 fully saturated rings.